The monoisotopic (exact) mass is 296 g/mol. The Morgan fingerprint density at radius 3 is 2.45 bits per heavy atom. The molecule has 0 bridgehead atoms. The highest BCUT2D eigenvalue weighted by Crippen LogP contribution is 2.27. The predicted molar refractivity (Wildman–Crippen MR) is 91.0 cm³/mol. The van der Waals surface area contributed by atoms with Crippen LogP contribution in [0.3, 0.4) is 0 Å². The third-order valence-corrected chi connectivity index (χ3v) is 3.96. The van der Waals surface area contributed by atoms with E-state index in [1.807, 2.05) is 25.4 Å². The molecular formula is C19H24N2O. The van der Waals surface area contributed by atoms with Crippen molar-refractivity contribution in [3.63, 3.8) is 0 Å². The largest absolute Gasteiger partial charge is 0.310 e. The summed E-state index contributed by atoms with van der Waals surface area (Å²) < 4.78 is 0. The van der Waals surface area contributed by atoms with Crippen molar-refractivity contribution in [1.29, 1.82) is 0 Å². The molecule has 0 amide bonds. The molecule has 0 saturated carbocycles. The zero-order chi connectivity index (χ0) is 16.1. The minimum atomic E-state index is -0.143. The fourth-order valence-electron chi connectivity index (χ4n) is 2.62. The van der Waals surface area contributed by atoms with Crippen molar-refractivity contribution < 1.29 is 4.79 Å². The highest BCUT2D eigenvalue weighted by molar-refractivity contribution is 5.81. The van der Waals surface area contributed by atoms with Crippen LogP contribution in [0.2, 0.25) is 0 Å². The van der Waals surface area contributed by atoms with Crippen LogP contribution in [0.4, 0.5) is 0 Å². The number of carbonyl (C=O) groups is 1. The van der Waals surface area contributed by atoms with Gasteiger partial charge in [-0.1, -0.05) is 44.2 Å². The van der Waals surface area contributed by atoms with Gasteiger partial charge in [-0.2, -0.15) is 0 Å². The first-order valence-electron chi connectivity index (χ1n) is 7.75. The standard InChI is InChI=1S/C19H24N2O/c1-13(2)16-7-5-6-8-17(16)18-10-9-15(12-21-18)11-19(20-4)14(3)22/h5-10,12-13,19-20H,11H2,1-4H3/t19-/m0/s1. The third-order valence-electron chi connectivity index (χ3n) is 3.96. The average molecular weight is 296 g/mol. The Labute approximate surface area is 132 Å². The molecule has 3 heteroatoms. The highest BCUT2D eigenvalue weighted by atomic mass is 16.1. The van der Waals surface area contributed by atoms with Gasteiger partial charge in [-0.15, -0.1) is 0 Å². The second-order valence-corrected chi connectivity index (χ2v) is 5.95. The molecule has 1 heterocycles. The van der Waals surface area contributed by atoms with Crippen molar-refractivity contribution in [1.82, 2.24) is 10.3 Å². The Morgan fingerprint density at radius 1 is 1.18 bits per heavy atom. The van der Waals surface area contributed by atoms with Crippen LogP contribution in [0.25, 0.3) is 11.3 Å². The van der Waals surface area contributed by atoms with E-state index >= 15 is 0 Å². The second kappa shape index (κ2) is 7.32. The van der Waals surface area contributed by atoms with E-state index in [1.54, 1.807) is 6.92 Å². The molecule has 0 saturated heterocycles. The molecule has 0 spiro atoms. The molecule has 0 fully saturated rings. The van der Waals surface area contributed by atoms with Gasteiger partial charge in [0.05, 0.1) is 11.7 Å². The molecule has 0 radical (unpaired) electrons. The first kappa shape index (κ1) is 16.4. The van der Waals surface area contributed by atoms with Gasteiger partial charge in [0.2, 0.25) is 0 Å². The summed E-state index contributed by atoms with van der Waals surface area (Å²) in [7, 11) is 1.81. The molecule has 1 aromatic heterocycles. The Morgan fingerprint density at radius 2 is 1.91 bits per heavy atom. The molecule has 0 unspecified atom stereocenters. The maximum Gasteiger partial charge on any atom is 0.147 e. The maximum atomic E-state index is 11.5. The summed E-state index contributed by atoms with van der Waals surface area (Å²) in [6.45, 7) is 6.00. The minimum Gasteiger partial charge on any atom is -0.310 e. The van der Waals surface area contributed by atoms with Crippen LogP contribution >= 0.6 is 0 Å². The molecule has 3 nitrogen and oxygen atoms in total. The summed E-state index contributed by atoms with van der Waals surface area (Å²) >= 11 is 0. The Bertz CT molecular complexity index is 632. The number of benzene rings is 1. The van der Waals surface area contributed by atoms with Crippen molar-refractivity contribution in [3.8, 4) is 11.3 Å². The van der Waals surface area contributed by atoms with E-state index in [1.165, 1.54) is 11.1 Å². The van der Waals surface area contributed by atoms with Crippen LogP contribution in [0, 0.1) is 0 Å². The lowest BCUT2D eigenvalue weighted by Crippen LogP contribution is -2.34. The SMILES string of the molecule is CN[C@@H](Cc1ccc(-c2ccccc2C(C)C)nc1)C(C)=O. The maximum absolute atomic E-state index is 11.5. The molecule has 22 heavy (non-hydrogen) atoms. The van der Waals surface area contributed by atoms with E-state index in [-0.39, 0.29) is 11.8 Å². The van der Waals surface area contributed by atoms with Crippen LogP contribution in [-0.4, -0.2) is 23.9 Å². The van der Waals surface area contributed by atoms with E-state index in [0.29, 0.717) is 12.3 Å². The van der Waals surface area contributed by atoms with Crippen LogP contribution in [-0.2, 0) is 11.2 Å². The van der Waals surface area contributed by atoms with E-state index in [0.717, 1.165) is 11.3 Å². The highest BCUT2D eigenvalue weighted by Gasteiger charge is 2.13. The molecular weight excluding hydrogens is 272 g/mol. The molecule has 0 aliphatic heterocycles. The molecule has 1 N–H and O–H groups in total. The summed E-state index contributed by atoms with van der Waals surface area (Å²) in [6, 6.07) is 12.3. The number of carbonyl (C=O) groups excluding carboxylic acids is 1. The summed E-state index contributed by atoms with van der Waals surface area (Å²) in [5.41, 5.74) is 4.54. The first-order valence-corrected chi connectivity index (χ1v) is 7.75. The average Bonchev–Trinajstić information content (AvgIpc) is 2.52. The normalized spacial score (nSPS) is 12.4. The van der Waals surface area contributed by atoms with Gasteiger partial charge in [0, 0.05) is 11.8 Å². The lowest BCUT2D eigenvalue weighted by atomic mass is 9.95. The summed E-state index contributed by atoms with van der Waals surface area (Å²) in [5, 5.41) is 3.04. The smallest absolute Gasteiger partial charge is 0.147 e. The number of hydrogen-bond donors (Lipinski definition) is 1. The van der Waals surface area contributed by atoms with Crippen LogP contribution in [0.1, 0.15) is 37.8 Å². The molecule has 0 aliphatic rings. The van der Waals surface area contributed by atoms with Gasteiger partial charge in [-0.3, -0.25) is 9.78 Å². The van der Waals surface area contributed by atoms with Gasteiger partial charge in [-0.05, 0) is 43.5 Å². The lowest BCUT2D eigenvalue weighted by Gasteiger charge is -2.14. The van der Waals surface area contributed by atoms with Crippen LogP contribution in [0.15, 0.2) is 42.6 Å². The number of Topliss-reactive ketones (excluding diaryl/α,β-unsaturated/α-hetero) is 1. The molecule has 2 aromatic rings. The van der Waals surface area contributed by atoms with Gasteiger partial charge >= 0.3 is 0 Å². The number of likely N-dealkylation sites (N-methyl/N-ethyl adjacent to an activating group) is 1. The van der Waals surface area contributed by atoms with E-state index in [4.69, 9.17) is 0 Å². The van der Waals surface area contributed by atoms with Gasteiger partial charge < -0.3 is 5.32 Å². The number of aromatic nitrogens is 1. The molecule has 1 aromatic carbocycles. The molecule has 2 rings (SSSR count). The fraction of sp³-hybridized carbons (Fsp3) is 0.368. The van der Waals surface area contributed by atoms with Crippen molar-refractivity contribution in [2.24, 2.45) is 0 Å². The van der Waals surface area contributed by atoms with Gasteiger partial charge in [0.25, 0.3) is 0 Å². The van der Waals surface area contributed by atoms with Crippen molar-refractivity contribution in [3.05, 3.63) is 53.7 Å². The van der Waals surface area contributed by atoms with Crippen molar-refractivity contribution in [2.45, 2.75) is 39.2 Å². The van der Waals surface area contributed by atoms with Crippen LogP contribution < -0.4 is 5.32 Å². The second-order valence-electron chi connectivity index (χ2n) is 5.95. The summed E-state index contributed by atoms with van der Waals surface area (Å²) in [6.07, 6.45) is 2.55. The van der Waals surface area contributed by atoms with E-state index < -0.39 is 0 Å². The number of pyridine rings is 1. The number of rotatable bonds is 6. The van der Waals surface area contributed by atoms with Gasteiger partial charge in [0.15, 0.2) is 0 Å². The molecule has 1 atom stereocenters. The van der Waals surface area contributed by atoms with E-state index in [2.05, 4.69) is 48.4 Å². The fourth-order valence-corrected chi connectivity index (χ4v) is 2.62. The zero-order valence-corrected chi connectivity index (χ0v) is 13.8. The van der Waals surface area contributed by atoms with E-state index in [9.17, 15) is 4.79 Å². The van der Waals surface area contributed by atoms with Crippen molar-refractivity contribution >= 4 is 5.78 Å². The number of ketones is 1. The van der Waals surface area contributed by atoms with Crippen LogP contribution in [0.5, 0.6) is 0 Å². The number of nitrogens with zero attached hydrogens (tertiary/aromatic N) is 1. The molecule has 0 aliphatic carbocycles. The summed E-state index contributed by atoms with van der Waals surface area (Å²) in [4.78, 5) is 16.1. The zero-order valence-electron chi connectivity index (χ0n) is 13.8. The Kier molecular flexibility index (Phi) is 5.45. The number of nitrogens with one attached hydrogen (secondary N) is 1. The minimum absolute atomic E-state index is 0.143. The predicted octanol–water partition coefficient (Wildman–Crippen LogP) is 3.59. The van der Waals surface area contributed by atoms with Crippen molar-refractivity contribution in [2.75, 3.05) is 7.05 Å². The summed E-state index contributed by atoms with van der Waals surface area (Å²) in [5.74, 6) is 0.612. The number of hydrogen-bond acceptors (Lipinski definition) is 3. The van der Waals surface area contributed by atoms with Gasteiger partial charge in [0.1, 0.15) is 5.78 Å². The third kappa shape index (κ3) is 3.80. The quantitative estimate of drug-likeness (QED) is 0.885. The topological polar surface area (TPSA) is 42.0 Å². The lowest BCUT2D eigenvalue weighted by molar-refractivity contribution is -0.118. The Balaban J connectivity index is 2.24. The molecule has 116 valence electrons. The Hall–Kier alpha value is -2.00. The first-order chi connectivity index (χ1) is 10.5. The van der Waals surface area contributed by atoms with Gasteiger partial charge in [-0.25, -0.2) is 0 Å².